The minimum Gasteiger partial charge on any atom is -0.465 e. The third-order valence-electron chi connectivity index (χ3n) is 6.66. The number of nitrogens with one attached hydrogen (secondary N) is 1. The van der Waals surface area contributed by atoms with E-state index in [9.17, 15) is 14.4 Å². The largest absolute Gasteiger partial charge is 0.465 e. The highest BCUT2D eigenvalue weighted by molar-refractivity contribution is 7.99. The van der Waals surface area contributed by atoms with Gasteiger partial charge in [-0.15, -0.1) is 11.3 Å². The Labute approximate surface area is 216 Å². The monoisotopic (exact) mass is 521 g/mol. The standard InChI is InChI=1S/C27H27N3O4S2/c1-15-21(26(33)34-3)16(2)28-23(15)19(31)14-35-27-29-24-22(18-11-7-8-12-20(18)36-24)25(32)30(27)13-17-9-5-4-6-10-17/h4-6,9-10,28H,7-8,11-14H2,1-3H3. The molecule has 0 saturated carbocycles. The summed E-state index contributed by atoms with van der Waals surface area (Å²) in [6.45, 7) is 3.87. The summed E-state index contributed by atoms with van der Waals surface area (Å²) in [5.41, 5.74) is 4.04. The number of H-pyrrole nitrogens is 1. The Morgan fingerprint density at radius 1 is 1.17 bits per heavy atom. The lowest BCUT2D eigenvalue weighted by Gasteiger charge is -2.13. The van der Waals surface area contributed by atoms with Crippen molar-refractivity contribution >= 4 is 45.1 Å². The van der Waals surface area contributed by atoms with Crippen molar-refractivity contribution < 1.29 is 14.3 Å². The van der Waals surface area contributed by atoms with Gasteiger partial charge in [0.2, 0.25) is 0 Å². The molecule has 3 aromatic heterocycles. The van der Waals surface area contributed by atoms with Gasteiger partial charge in [0.1, 0.15) is 4.83 Å². The molecule has 186 valence electrons. The molecule has 0 aliphatic heterocycles. The summed E-state index contributed by atoms with van der Waals surface area (Å²) < 4.78 is 6.56. The van der Waals surface area contributed by atoms with Gasteiger partial charge in [-0.25, -0.2) is 9.78 Å². The van der Waals surface area contributed by atoms with Gasteiger partial charge in [-0.2, -0.15) is 0 Å². The van der Waals surface area contributed by atoms with Gasteiger partial charge in [0.15, 0.2) is 10.9 Å². The lowest BCUT2D eigenvalue weighted by Crippen LogP contribution is -2.24. The first-order valence-corrected chi connectivity index (χ1v) is 13.7. The third kappa shape index (κ3) is 4.41. The van der Waals surface area contributed by atoms with Gasteiger partial charge >= 0.3 is 5.97 Å². The fourth-order valence-electron chi connectivity index (χ4n) is 4.87. The zero-order valence-corrected chi connectivity index (χ0v) is 22.1. The maximum Gasteiger partial charge on any atom is 0.339 e. The number of nitrogens with zero attached hydrogens (tertiary/aromatic N) is 2. The second-order valence-electron chi connectivity index (χ2n) is 8.99. The summed E-state index contributed by atoms with van der Waals surface area (Å²) >= 11 is 2.86. The zero-order chi connectivity index (χ0) is 25.4. The number of ketones is 1. The Bertz CT molecular complexity index is 1530. The highest BCUT2D eigenvalue weighted by Gasteiger charge is 2.25. The predicted octanol–water partition coefficient (Wildman–Crippen LogP) is 5.09. The predicted molar refractivity (Wildman–Crippen MR) is 143 cm³/mol. The first kappa shape index (κ1) is 24.5. The molecule has 1 aromatic carbocycles. The van der Waals surface area contributed by atoms with Crippen LogP contribution in [-0.2, 0) is 24.1 Å². The van der Waals surface area contributed by atoms with E-state index < -0.39 is 5.97 Å². The molecule has 0 spiro atoms. The normalized spacial score (nSPS) is 13.1. The number of hydrogen-bond acceptors (Lipinski definition) is 7. The molecule has 0 saturated heterocycles. The van der Waals surface area contributed by atoms with Gasteiger partial charge in [0.25, 0.3) is 5.56 Å². The van der Waals surface area contributed by atoms with Gasteiger partial charge in [-0.1, -0.05) is 42.1 Å². The minimum absolute atomic E-state index is 0.0434. The van der Waals surface area contributed by atoms with Crippen LogP contribution in [-0.4, -0.2) is 39.2 Å². The molecule has 7 nitrogen and oxygen atoms in total. The molecule has 5 rings (SSSR count). The minimum atomic E-state index is -0.474. The van der Waals surface area contributed by atoms with Crippen LogP contribution in [0.25, 0.3) is 10.2 Å². The Morgan fingerprint density at radius 3 is 2.67 bits per heavy atom. The molecule has 4 aromatic rings. The van der Waals surface area contributed by atoms with Crippen LogP contribution in [0.15, 0.2) is 40.3 Å². The van der Waals surface area contributed by atoms with Gasteiger partial charge < -0.3 is 9.72 Å². The van der Waals surface area contributed by atoms with Gasteiger partial charge in [-0.05, 0) is 56.2 Å². The molecule has 0 atom stereocenters. The van der Waals surface area contributed by atoms with E-state index in [1.54, 1.807) is 29.8 Å². The molecule has 9 heteroatoms. The van der Waals surface area contributed by atoms with Crippen molar-refractivity contribution in [3.63, 3.8) is 0 Å². The molecular weight excluding hydrogens is 494 g/mol. The highest BCUT2D eigenvalue weighted by Crippen LogP contribution is 2.35. The number of aromatic amines is 1. The van der Waals surface area contributed by atoms with E-state index in [0.29, 0.717) is 34.2 Å². The number of methoxy groups -OCH3 is 1. The Kier molecular flexibility index (Phi) is 6.85. The summed E-state index contributed by atoms with van der Waals surface area (Å²) in [6.07, 6.45) is 4.13. The number of aryl methyl sites for hydroxylation is 3. The molecule has 3 heterocycles. The molecule has 0 fully saturated rings. The number of hydrogen-bond donors (Lipinski definition) is 1. The van der Waals surface area contributed by atoms with Gasteiger partial charge in [0, 0.05) is 10.6 Å². The van der Waals surface area contributed by atoms with Crippen LogP contribution in [0.1, 0.15) is 60.9 Å². The molecule has 0 radical (unpaired) electrons. The second-order valence-corrected chi connectivity index (χ2v) is 11.0. The number of Topliss-reactive ketones (excluding diaryl/α,β-unsaturated/α-hetero) is 1. The van der Waals surface area contributed by atoms with Crippen LogP contribution in [0.3, 0.4) is 0 Å². The van der Waals surface area contributed by atoms with E-state index in [-0.39, 0.29) is 17.1 Å². The van der Waals surface area contributed by atoms with Crippen LogP contribution in [0.4, 0.5) is 0 Å². The first-order valence-electron chi connectivity index (χ1n) is 11.9. The number of carbonyl (C=O) groups is 2. The lowest BCUT2D eigenvalue weighted by atomic mass is 9.97. The number of esters is 1. The van der Waals surface area contributed by atoms with Crippen LogP contribution >= 0.6 is 23.1 Å². The van der Waals surface area contributed by atoms with Crippen molar-refractivity contribution in [3.8, 4) is 0 Å². The summed E-state index contributed by atoms with van der Waals surface area (Å²) in [4.78, 5) is 49.0. The van der Waals surface area contributed by atoms with Crippen molar-refractivity contribution in [1.82, 2.24) is 14.5 Å². The second kappa shape index (κ2) is 10.1. The van der Waals surface area contributed by atoms with Crippen molar-refractivity contribution in [2.24, 2.45) is 0 Å². The van der Waals surface area contributed by atoms with E-state index in [2.05, 4.69) is 4.98 Å². The first-order chi connectivity index (χ1) is 17.4. The summed E-state index contributed by atoms with van der Waals surface area (Å²) in [6, 6.07) is 9.81. The van der Waals surface area contributed by atoms with E-state index >= 15 is 0 Å². The number of rotatable bonds is 7. The lowest BCUT2D eigenvalue weighted by molar-refractivity contribution is 0.0599. The van der Waals surface area contributed by atoms with Crippen molar-refractivity contribution in [1.29, 1.82) is 0 Å². The molecule has 0 bridgehead atoms. The SMILES string of the molecule is COC(=O)c1c(C)[nH]c(C(=O)CSc2nc3sc4c(c3c(=O)n2Cc2ccccc2)CCCC4)c1C. The summed E-state index contributed by atoms with van der Waals surface area (Å²) in [5.74, 6) is -0.556. The Balaban J connectivity index is 1.51. The highest BCUT2D eigenvalue weighted by atomic mass is 32.2. The maximum atomic E-state index is 13.8. The van der Waals surface area contributed by atoms with Crippen LogP contribution in [0, 0.1) is 13.8 Å². The fraction of sp³-hybridized carbons (Fsp3) is 0.333. The van der Waals surface area contributed by atoms with Crippen LogP contribution in [0.5, 0.6) is 0 Å². The number of aromatic nitrogens is 3. The quantitative estimate of drug-likeness (QED) is 0.158. The molecule has 0 unspecified atom stereocenters. The molecule has 36 heavy (non-hydrogen) atoms. The van der Waals surface area contributed by atoms with E-state index in [1.807, 2.05) is 30.3 Å². The molecular formula is C27H27N3O4S2. The maximum absolute atomic E-state index is 13.8. The van der Waals surface area contributed by atoms with Crippen molar-refractivity contribution in [2.75, 3.05) is 12.9 Å². The third-order valence-corrected chi connectivity index (χ3v) is 8.82. The Hall–Kier alpha value is -3.17. The van der Waals surface area contributed by atoms with Gasteiger partial charge in [-0.3, -0.25) is 14.2 Å². The summed E-state index contributed by atoms with van der Waals surface area (Å²) in [7, 11) is 1.32. The molecule has 1 aliphatic carbocycles. The topological polar surface area (TPSA) is 94.1 Å². The van der Waals surface area contributed by atoms with Gasteiger partial charge in [0.05, 0.1) is 36.1 Å². The smallest absolute Gasteiger partial charge is 0.339 e. The summed E-state index contributed by atoms with van der Waals surface area (Å²) in [5, 5.41) is 1.26. The van der Waals surface area contributed by atoms with Crippen molar-refractivity contribution in [3.05, 3.63) is 79.2 Å². The van der Waals surface area contributed by atoms with Crippen LogP contribution in [0.2, 0.25) is 0 Å². The molecule has 1 aliphatic rings. The number of ether oxygens (including phenoxy) is 1. The zero-order valence-electron chi connectivity index (χ0n) is 20.5. The van der Waals surface area contributed by atoms with E-state index in [4.69, 9.17) is 9.72 Å². The Morgan fingerprint density at radius 2 is 1.92 bits per heavy atom. The number of thiophene rings is 1. The van der Waals surface area contributed by atoms with Crippen molar-refractivity contribution in [2.45, 2.75) is 51.2 Å². The number of thioether (sulfide) groups is 1. The molecule has 0 amide bonds. The number of fused-ring (bicyclic) bond motifs is 3. The number of benzene rings is 1. The van der Waals surface area contributed by atoms with E-state index in [1.165, 1.54) is 23.7 Å². The number of carbonyl (C=O) groups excluding carboxylic acids is 2. The van der Waals surface area contributed by atoms with E-state index in [0.717, 1.165) is 47.0 Å². The molecule has 1 N–H and O–H groups in total. The average molecular weight is 522 g/mol. The average Bonchev–Trinajstić information content (AvgIpc) is 3.41. The van der Waals surface area contributed by atoms with Crippen LogP contribution < -0.4 is 5.56 Å². The fourth-order valence-corrected chi connectivity index (χ4v) is 7.05.